The Morgan fingerprint density at radius 1 is 0.914 bits per heavy atom. The van der Waals surface area contributed by atoms with Crippen molar-refractivity contribution in [3.8, 4) is 5.69 Å². The predicted octanol–water partition coefficient (Wildman–Crippen LogP) is 4.41. The Morgan fingerprint density at radius 2 is 1.57 bits per heavy atom. The van der Waals surface area contributed by atoms with Crippen molar-refractivity contribution in [3.63, 3.8) is 0 Å². The second kappa shape index (κ2) is 9.52. The Balaban J connectivity index is 1.61. The van der Waals surface area contributed by atoms with Crippen molar-refractivity contribution in [3.05, 3.63) is 113 Å². The van der Waals surface area contributed by atoms with E-state index in [9.17, 15) is 9.59 Å². The third-order valence-corrected chi connectivity index (χ3v) is 5.54. The summed E-state index contributed by atoms with van der Waals surface area (Å²) in [5, 5.41) is 11.4. The fourth-order valence-electron chi connectivity index (χ4n) is 4.05. The number of carbonyl (C=O) groups is 1. The summed E-state index contributed by atoms with van der Waals surface area (Å²) in [6, 6.07) is 26.7. The first kappa shape index (κ1) is 21.9. The van der Waals surface area contributed by atoms with E-state index in [0.29, 0.717) is 41.4 Å². The first-order valence-electron chi connectivity index (χ1n) is 11.0. The number of amides is 1. The highest BCUT2D eigenvalue weighted by Gasteiger charge is 2.19. The van der Waals surface area contributed by atoms with E-state index in [1.165, 1.54) is 10.9 Å². The lowest BCUT2D eigenvalue weighted by Gasteiger charge is -2.24. The molecule has 1 amide bonds. The number of imidazole rings is 1. The van der Waals surface area contributed by atoms with E-state index in [2.05, 4.69) is 25.2 Å². The molecule has 9 heteroatoms. The molecule has 174 valence electrons. The minimum Gasteiger partial charge on any atom is -0.465 e. The smallest absolute Gasteiger partial charge is 0.409 e. The molecule has 3 N–H and O–H groups in total. The van der Waals surface area contributed by atoms with Crippen LogP contribution in [0, 0.1) is 0 Å². The molecule has 0 bridgehead atoms. The standard InChI is InChI=1S/C26H22N6O3/c33-25-30-22-23(31(15-18-8-3-1-4-9-18)16-19-10-5-2-6-11-19)27-17-28-24(22)32(25)21-13-7-12-20(14-21)29-26(34)35/h1-14,17,29H,15-16H2,(H,30,33)(H,34,35). The lowest BCUT2D eigenvalue weighted by Crippen LogP contribution is -2.23. The largest absolute Gasteiger partial charge is 0.465 e. The van der Waals surface area contributed by atoms with Gasteiger partial charge in [0.1, 0.15) is 11.8 Å². The number of fused-ring (bicyclic) bond motifs is 1. The number of hydrogen-bond donors (Lipinski definition) is 3. The van der Waals surface area contributed by atoms with Crippen LogP contribution >= 0.6 is 0 Å². The van der Waals surface area contributed by atoms with Crippen molar-refractivity contribution in [1.29, 1.82) is 0 Å². The highest BCUT2D eigenvalue weighted by molar-refractivity contribution is 5.86. The number of nitrogens with one attached hydrogen (secondary N) is 2. The van der Waals surface area contributed by atoms with Gasteiger partial charge >= 0.3 is 11.8 Å². The molecule has 0 fully saturated rings. The predicted molar refractivity (Wildman–Crippen MR) is 134 cm³/mol. The van der Waals surface area contributed by atoms with E-state index in [1.807, 2.05) is 60.7 Å². The molecule has 0 aliphatic heterocycles. The van der Waals surface area contributed by atoms with Crippen LogP contribution in [0.3, 0.4) is 0 Å². The lowest BCUT2D eigenvalue weighted by molar-refractivity contribution is 0.210. The number of anilines is 2. The second-order valence-corrected chi connectivity index (χ2v) is 7.97. The SMILES string of the molecule is O=C(O)Nc1cccc(-n2c(=O)[nH]c3c(N(Cc4ccccc4)Cc4ccccc4)ncnc32)c1. The molecule has 0 saturated carbocycles. The number of hydrogen-bond acceptors (Lipinski definition) is 5. The van der Waals surface area contributed by atoms with Crippen LogP contribution in [0.5, 0.6) is 0 Å². The van der Waals surface area contributed by atoms with Gasteiger partial charge in [-0.15, -0.1) is 0 Å². The number of carboxylic acid groups (broad SMARTS) is 1. The van der Waals surface area contributed by atoms with Crippen molar-refractivity contribution in [1.82, 2.24) is 19.5 Å². The van der Waals surface area contributed by atoms with Crippen molar-refractivity contribution in [2.24, 2.45) is 0 Å². The molecular weight excluding hydrogens is 444 g/mol. The summed E-state index contributed by atoms with van der Waals surface area (Å²) in [5.74, 6) is 0.596. The molecule has 0 spiro atoms. The summed E-state index contributed by atoms with van der Waals surface area (Å²) in [7, 11) is 0. The van der Waals surface area contributed by atoms with E-state index in [0.717, 1.165) is 11.1 Å². The summed E-state index contributed by atoms with van der Waals surface area (Å²) in [5.41, 5.74) is 3.54. The summed E-state index contributed by atoms with van der Waals surface area (Å²) >= 11 is 0. The number of rotatable bonds is 7. The van der Waals surface area contributed by atoms with E-state index >= 15 is 0 Å². The minimum atomic E-state index is -1.18. The first-order valence-corrected chi connectivity index (χ1v) is 11.0. The number of aromatic nitrogens is 4. The van der Waals surface area contributed by atoms with Crippen LogP contribution in [-0.2, 0) is 13.1 Å². The van der Waals surface area contributed by atoms with Crippen LogP contribution in [0.25, 0.3) is 16.9 Å². The topological polar surface area (TPSA) is 116 Å². The molecule has 5 aromatic rings. The molecule has 5 rings (SSSR count). The van der Waals surface area contributed by atoms with Crippen molar-refractivity contribution in [2.75, 3.05) is 10.2 Å². The van der Waals surface area contributed by atoms with Gasteiger partial charge in [-0.1, -0.05) is 66.7 Å². The highest BCUT2D eigenvalue weighted by atomic mass is 16.4. The zero-order chi connectivity index (χ0) is 24.2. The Kier molecular flexibility index (Phi) is 5.96. The quantitative estimate of drug-likeness (QED) is 0.327. The molecule has 3 aromatic carbocycles. The van der Waals surface area contributed by atoms with Gasteiger partial charge in [-0.25, -0.2) is 24.1 Å². The summed E-state index contributed by atoms with van der Waals surface area (Å²) in [6.07, 6.45) is 0.250. The Labute approximate surface area is 200 Å². The average Bonchev–Trinajstić information content (AvgIpc) is 3.20. The molecular formula is C26H22N6O3. The minimum absolute atomic E-state index is 0.348. The summed E-state index contributed by atoms with van der Waals surface area (Å²) in [6.45, 7) is 1.15. The molecule has 0 atom stereocenters. The van der Waals surface area contributed by atoms with Gasteiger partial charge in [-0.05, 0) is 29.3 Å². The molecule has 35 heavy (non-hydrogen) atoms. The van der Waals surface area contributed by atoms with Gasteiger partial charge in [0.2, 0.25) is 0 Å². The van der Waals surface area contributed by atoms with Crippen molar-refractivity contribution >= 4 is 28.8 Å². The molecule has 9 nitrogen and oxygen atoms in total. The van der Waals surface area contributed by atoms with Crippen LogP contribution in [0.4, 0.5) is 16.3 Å². The van der Waals surface area contributed by atoms with Gasteiger partial charge < -0.3 is 15.0 Å². The third-order valence-electron chi connectivity index (χ3n) is 5.54. The number of benzene rings is 3. The van der Waals surface area contributed by atoms with Crippen molar-refractivity contribution < 1.29 is 9.90 Å². The highest BCUT2D eigenvalue weighted by Crippen LogP contribution is 2.26. The van der Waals surface area contributed by atoms with E-state index in [4.69, 9.17) is 5.11 Å². The van der Waals surface area contributed by atoms with Gasteiger partial charge in [0, 0.05) is 18.8 Å². The van der Waals surface area contributed by atoms with Crippen LogP contribution in [-0.4, -0.2) is 30.7 Å². The second-order valence-electron chi connectivity index (χ2n) is 7.97. The number of H-pyrrole nitrogens is 1. The first-order chi connectivity index (χ1) is 17.1. The Hall–Kier alpha value is -4.92. The maximum Gasteiger partial charge on any atom is 0.409 e. The summed E-state index contributed by atoms with van der Waals surface area (Å²) in [4.78, 5) is 38.0. The third kappa shape index (κ3) is 4.74. The Morgan fingerprint density at radius 3 is 2.20 bits per heavy atom. The van der Waals surface area contributed by atoms with E-state index < -0.39 is 11.8 Å². The van der Waals surface area contributed by atoms with Crippen molar-refractivity contribution in [2.45, 2.75) is 13.1 Å². The van der Waals surface area contributed by atoms with Crippen LogP contribution < -0.4 is 15.9 Å². The fraction of sp³-hybridized carbons (Fsp3) is 0.0769. The average molecular weight is 467 g/mol. The number of aromatic amines is 1. The zero-order valence-electron chi connectivity index (χ0n) is 18.6. The lowest BCUT2D eigenvalue weighted by atomic mass is 10.1. The molecule has 2 aromatic heterocycles. The van der Waals surface area contributed by atoms with Crippen LogP contribution in [0.15, 0.2) is 96.1 Å². The molecule has 0 saturated heterocycles. The van der Waals surface area contributed by atoms with Crippen LogP contribution in [0.2, 0.25) is 0 Å². The molecule has 0 unspecified atom stereocenters. The van der Waals surface area contributed by atoms with Crippen LogP contribution in [0.1, 0.15) is 11.1 Å². The van der Waals surface area contributed by atoms with E-state index in [1.54, 1.807) is 24.3 Å². The van der Waals surface area contributed by atoms with E-state index in [-0.39, 0.29) is 0 Å². The van der Waals surface area contributed by atoms with Gasteiger partial charge in [0.05, 0.1) is 5.69 Å². The van der Waals surface area contributed by atoms with Gasteiger partial charge in [0.25, 0.3) is 0 Å². The maximum absolute atomic E-state index is 13.0. The fourth-order valence-corrected chi connectivity index (χ4v) is 4.05. The van der Waals surface area contributed by atoms with Gasteiger partial charge in [0.15, 0.2) is 11.5 Å². The maximum atomic E-state index is 13.0. The monoisotopic (exact) mass is 466 g/mol. The summed E-state index contributed by atoms with van der Waals surface area (Å²) < 4.78 is 1.41. The zero-order valence-corrected chi connectivity index (χ0v) is 18.6. The van der Waals surface area contributed by atoms with Gasteiger partial charge in [-0.3, -0.25) is 5.32 Å². The molecule has 0 aliphatic carbocycles. The molecule has 2 heterocycles. The number of nitrogens with zero attached hydrogens (tertiary/aromatic N) is 4. The normalized spacial score (nSPS) is 10.9. The van der Waals surface area contributed by atoms with Gasteiger partial charge in [-0.2, -0.15) is 0 Å². The Bertz CT molecular complexity index is 1490. The molecule has 0 radical (unpaired) electrons. The molecule has 0 aliphatic rings.